The summed E-state index contributed by atoms with van der Waals surface area (Å²) in [6, 6.07) is 5.13. The van der Waals surface area contributed by atoms with Crippen molar-refractivity contribution in [3.05, 3.63) is 12.1 Å². The Kier molecular flexibility index (Phi) is 3.63. The summed E-state index contributed by atoms with van der Waals surface area (Å²) in [5, 5.41) is 3.21. The van der Waals surface area contributed by atoms with E-state index < -0.39 is 0 Å². The standard InChI is InChI=1S/C14H10S4Se2/c1-3-17-13-11(15-1)7-5-10-8(6-9(7)19-13)12-14(20-10)18-4-2-16-12/h5-6H,1-4H2. The van der Waals surface area contributed by atoms with Gasteiger partial charge < -0.3 is 0 Å². The van der Waals surface area contributed by atoms with Crippen molar-refractivity contribution in [3.8, 4) is 0 Å². The molecule has 102 valence electrons. The van der Waals surface area contributed by atoms with Crippen LogP contribution in [0.15, 0.2) is 29.5 Å². The summed E-state index contributed by atoms with van der Waals surface area (Å²) < 4.78 is 6.73. The van der Waals surface area contributed by atoms with Gasteiger partial charge in [-0.15, -0.1) is 0 Å². The van der Waals surface area contributed by atoms with E-state index in [1.807, 2.05) is 0 Å². The molecular weight excluding hydrogens is 454 g/mol. The molecule has 4 heterocycles. The Morgan fingerprint density at radius 2 is 1.10 bits per heavy atom. The Morgan fingerprint density at radius 1 is 0.650 bits per heavy atom. The Bertz CT molecular complexity index is 763. The number of fused-ring (bicyclic) bond motifs is 6. The molecule has 0 fully saturated rings. The number of hydrogen-bond acceptors (Lipinski definition) is 4. The fourth-order valence-corrected chi connectivity index (χ4v) is 14.7. The van der Waals surface area contributed by atoms with E-state index in [4.69, 9.17) is 0 Å². The zero-order valence-electron chi connectivity index (χ0n) is 10.4. The monoisotopic (exact) mass is 466 g/mol. The molecule has 5 rings (SSSR count). The molecule has 2 aliphatic heterocycles. The first-order valence-corrected chi connectivity index (χ1v) is 13.8. The van der Waals surface area contributed by atoms with E-state index in [0.717, 1.165) is 0 Å². The van der Waals surface area contributed by atoms with Gasteiger partial charge in [0.2, 0.25) is 0 Å². The molecule has 0 saturated carbocycles. The Hall–Kier alpha value is 1.14. The Labute approximate surface area is 146 Å². The minimum atomic E-state index is 0.584. The van der Waals surface area contributed by atoms with Gasteiger partial charge in [0.25, 0.3) is 0 Å². The van der Waals surface area contributed by atoms with Gasteiger partial charge in [0, 0.05) is 0 Å². The first-order valence-electron chi connectivity index (χ1n) is 6.44. The van der Waals surface area contributed by atoms with E-state index in [0.29, 0.717) is 29.0 Å². The third-order valence-electron chi connectivity index (χ3n) is 3.47. The van der Waals surface area contributed by atoms with Crippen molar-refractivity contribution in [2.45, 2.75) is 17.3 Å². The molecule has 0 unspecified atom stereocenters. The zero-order chi connectivity index (χ0) is 13.1. The molecule has 0 nitrogen and oxygen atoms in total. The van der Waals surface area contributed by atoms with Crippen molar-refractivity contribution in [1.82, 2.24) is 0 Å². The molecule has 0 radical (unpaired) electrons. The summed E-state index contributed by atoms with van der Waals surface area (Å²) in [6.45, 7) is 0. The molecule has 3 aromatic rings. The molecule has 0 saturated heterocycles. The van der Waals surface area contributed by atoms with Crippen LogP contribution in [0.3, 0.4) is 0 Å². The van der Waals surface area contributed by atoms with Crippen LogP contribution in [0.1, 0.15) is 0 Å². The Balaban J connectivity index is 1.83. The van der Waals surface area contributed by atoms with Crippen molar-refractivity contribution in [2.24, 2.45) is 0 Å². The van der Waals surface area contributed by atoms with Gasteiger partial charge in [-0.05, 0) is 0 Å². The van der Waals surface area contributed by atoms with Crippen LogP contribution in [0.2, 0.25) is 0 Å². The normalized spacial score (nSPS) is 18.4. The van der Waals surface area contributed by atoms with Crippen LogP contribution in [0.25, 0.3) is 19.3 Å². The number of thioether (sulfide) groups is 4. The van der Waals surface area contributed by atoms with Gasteiger partial charge in [-0.1, -0.05) is 0 Å². The average molecular weight is 464 g/mol. The van der Waals surface area contributed by atoms with Crippen molar-refractivity contribution in [1.29, 1.82) is 0 Å². The maximum absolute atomic E-state index is 2.56. The number of hydrogen-bond donors (Lipinski definition) is 0. The second kappa shape index (κ2) is 5.35. The molecule has 20 heavy (non-hydrogen) atoms. The van der Waals surface area contributed by atoms with E-state index >= 15 is 0 Å². The van der Waals surface area contributed by atoms with Crippen LogP contribution in [-0.2, 0) is 0 Å². The molecule has 2 aliphatic rings. The summed E-state index contributed by atoms with van der Waals surface area (Å²) in [5.74, 6) is 5.21. The first-order chi connectivity index (χ1) is 9.90. The Morgan fingerprint density at radius 3 is 1.60 bits per heavy atom. The fraction of sp³-hybridized carbons (Fsp3) is 0.286. The van der Waals surface area contributed by atoms with Gasteiger partial charge in [-0.3, -0.25) is 0 Å². The molecule has 2 aromatic heterocycles. The third kappa shape index (κ3) is 2.07. The van der Waals surface area contributed by atoms with Crippen LogP contribution in [0.4, 0.5) is 0 Å². The van der Waals surface area contributed by atoms with Crippen LogP contribution in [0.5, 0.6) is 0 Å². The summed E-state index contributed by atoms with van der Waals surface area (Å²) >= 11 is 9.62. The van der Waals surface area contributed by atoms with Crippen LogP contribution < -0.4 is 0 Å². The van der Waals surface area contributed by atoms with E-state index in [1.165, 1.54) is 23.0 Å². The van der Waals surface area contributed by atoms with E-state index in [-0.39, 0.29) is 0 Å². The minimum absolute atomic E-state index is 0.584. The molecule has 6 heteroatoms. The van der Waals surface area contributed by atoms with Gasteiger partial charge in [0.15, 0.2) is 0 Å². The van der Waals surface area contributed by atoms with E-state index in [1.54, 1.807) is 36.6 Å². The van der Waals surface area contributed by atoms with Crippen molar-refractivity contribution in [3.63, 3.8) is 0 Å². The predicted octanol–water partition coefficient (Wildman–Crippen LogP) is 4.50. The summed E-state index contributed by atoms with van der Waals surface area (Å²) in [4.78, 5) is 3.28. The van der Waals surface area contributed by atoms with Crippen LogP contribution in [-0.4, -0.2) is 52.0 Å². The van der Waals surface area contributed by atoms with Gasteiger partial charge in [-0.25, -0.2) is 0 Å². The molecule has 1 aromatic carbocycles. The predicted molar refractivity (Wildman–Crippen MR) is 98.2 cm³/mol. The molecule has 0 N–H and O–H groups in total. The quantitative estimate of drug-likeness (QED) is 0.449. The molecular formula is C14H10S4Se2. The maximum atomic E-state index is 2.56. The van der Waals surface area contributed by atoms with Gasteiger partial charge in [0.05, 0.1) is 0 Å². The average Bonchev–Trinajstić information content (AvgIpc) is 3.02. The van der Waals surface area contributed by atoms with Gasteiger partial charge in [-0.2, -0.15) is 0 Å². The van der Waals surface area contributed by atoms with E-state index in [9.17, 15) is 0 Å². The first kappa shape index (κ1) is 13.6. The summed E-state index contributed by atoms with van der Waals surface area (Å²) in [6.07, 6.45) is 0. The van der Waals surface area contributed by atoms with Crippen LogP contribution >= 0.6 is 47.0 Å². The number of rotatable bonds is 0. The van der Waals surface area contributed by atoms with Crippen molar-refractivity contribution in [2.75, 3.05) is 23.0 Å². The molecule has 0 atom stereocenters. The molecule has 0 amide bonds. The second-order valence-electron chi connectivity index (χ2n) is 4.68. The van der Waals surface area contributed by atoms with Gasteiger partial charge in [0.1, 0.15) is 0 Å². The van der Waals surface area contributed by atoms with Crippen molar-refractivity contribution < 1.29 is 0 Å². The zero-order valence-corrected chi connectivity index (χ0v) is 17.1. The number of benzene rings is 1. The molecule has 0 aliphatic carbocycles. The van der Waals surface area contributed by atoms with Crippen LogP contribution in [0, 0.1) is 0 Å². The third-order valence-corrected chi connectivity index (χ3v) is 15.1. The SMILES string of the molecule is c1c2[se]c3c(c2cc2[se]c4c(c12)SCCS4)SCCS3. The van der Waals surface area contributed by atoms with Gasteiger partial charge >= 0.3 is 148 Å². The topological polar surface area (TPSA) is 0 Å². The summed E-state index contributed by atoms with van der Waals surface area (Å²) in [7, 11) is 0. The summed E-state index contributed by atoms with van der Waals surface area (Å²) in [5.41, 5.74) is 0. The molecule has 0 spiro atoms. The van der Waals surface area contributed by atoms with Crippen molar-refractivity contribution >= 4 is 95.3 Å². The molecule has 0 bridgehead atoms. The fourth-order valence-electron chi connectivity index (χ4n) is 2.62. The second-order valence-corrected chi connectivity index (χ2v) is 14.7. The van der Waals surface area contributed by atoms with E-state index in [2.05, 4.69) is 59.2 Å².